The van der Waals surface area contributed by atoms with E-state index in [-0.39, 0.29) is 0 Å². The molecule has 1 N–H and O–H groups in total. The van der Waals surface area contributed by atoms with Crippen molar-refractivity contribution in [2.75, 3.05) is 12.4 Å². The molecular formula is C13H17N3O. The summed E-state index contributed by atoms with van der Waals surface area (Å²) in [7, 11) is 3.62. The molecule has 0 saturated carbocycles. The Hall–Kier alpha value is -1.97. The Morgan fingerprint density at radius 3 is 2.82 bits per heavy atom. The molecule has 0 unspecified atom stereocenters. The molecule has 4 heteroatoms. The first-order valence-corrected chi connectivity index (χ1v) is 5.56. The van der Waals surface area contributed by atoms with Crippen LogP contribution in [0, 0.1) is 6.92 Å². The van der Waals surface area contributed by atoms with E-state index in [9.17, 15) is 0 Å². The molecule has 0 fully saturated rings. The van der Waals surface area contributed by atoms with Gasteiger partial charge in [-0.3, -0.25) is 4.68 Å². The molecule has 0 aliphatic rings. The first-order chi connectivity index (χ1) is 8.19. The molecule has 0 bridgehead atoms. The molecule has 0 radical (unpaired) electrons. The van der Waals surface area contributed by atoms with Crippen LogP contribution in [-0.2, 0) is 13.6 Å². The minimum absolute atomic E-state index is 0.754. The molecule has 0 saturated heterocycles. The summed E-state index contributed by atoms with van der Waals surface area (Å²) in [5.74, 6) is 0.858. The van der Waals surface area contributed by atoms with E-state index in [4.69, 9.17) is 4.74 Å². The number of aryl methyl sites for hydroxylation is 2. The third kappa shape index (κ3) is 2.78. The van der Waals surface area contributed by atoms with Crippen molar-refractivity contribution < 1.29 is 4.74 Å². The van der Waals surface area contributed by atoms with Gasteiger partial charge in [0.05, 0.1) is 25.0 Å². The highest BCUT2D eigenvalue weighted by Crippen LogP contribution is 2.17. The third-order valence-electron chi connectivity index (χ3n) is 2.64. The van der Waals surface area contributed by atoms with Crippen LogP contribution in [0.2, 0.25) is 0 Å². The van der Waals surface area contributed by atoms with Crippen LogP contribution in [-0.4, -0.2) is 16.9 Å². The van der Waals surface area contributed by atoms with Crippen LogP contribution in [0.4, 0.5) is 5.69 Å². The van der Waals surface area contributed by atoms with Gasteiger partial charge in [-0.1, -0.05) is 6.07 Å². The molecule has 1 heterocycles. The average Bonchev–Trinajstić information content (AvgIpc) is 2.65. The van der Waals surface area contributed by atoms with Crippen molar-refractivity contribution in [3.8, 4) is 5.75 Å². The highest BCUT2D eigenvalue weighted by Gasteiger charge is 2.02. The van der Waals surface area contributed by atoms with Crippen molar-refractivity contribution in [2.24, 2.45) is 7.05 Å². The molecule has 2 rings (SSSR count). The van der Waals surface area contributed by atoms with E-state index in [2.05, 4.69) is 16.5 Å². The number of anilines is 1. The second-order valence-electron chi connectivity index (χ2n) is 3.99. The maximum absolute atomic E-state index is 5.18. The minimum Gasteiger partial charge on any atom is -0.497 e. The lowest BCUT2D eigenvalue weighted by atomic mass is 10.3. The van der Waals surface area contributed by atoms with E-state index in [1.54, 1.807) is 7.11 Å². The first kappa shape index (κ1) is 11.5. The van der Waals surface area contributed by atoms with Gasteiger partial charge in [0.1, 0.15) is 5.75 Å². The van der Waals surface area contributed by atoms with Crippen LogP contribution in [0.3, 0.4) is 0 Å². The van der Waals surface area contributed by atoms with Gasteiger partial charge in [0.15, 0.2) is 0 Å². The fraction of sp³-hybridized carbons (Fsp3) is 0.308. The van der Waals surface area contributed by atoms with E-state index in [0.717, 1.165) is 29.4 Å². The van der Waals surface area contributed by atoms with Crippen molar-refractivity contribution in [3.05, 3.63) is 41.7 Å². The summed E-state index contributed by atoms with van der Waals surface area (Å²) in [4.78, 5) is 0. The quantitative estimate of drug-likeness (QED) is 0.878. The van der Waals surface area contributed by atoms with Crippen LogP contribution in [0.15, 0.2) is 30.3 Å². The second kappa shape index (κ2) is 4.91. The van der Waals surface area contributed by atoms with Gasteiger partial charge in [0, 0.05) is 18.8 Å². The summed E-state index contributed by atoms with van der Waals surface area (Å²) in [6, 6.07) is 9.97. The summed E-state index contributed by atoms with van der Waals surface area (Å²) in [6.45, 7) is 2.75. The molecule has 0 aliphatic carbocycles. The summed E-state index contributed by atoms with van der Waals surface area (Å²) in [5, 5.41) is 7.66. The maximum Gasteiger partial charge on any atom is 0.120 e. The lowest BCUT2D eigenvalue weighted by molar-refractivity contribution is 0.415. The predicted molar refractivity (Wildman–Crippen MR) is 68.3 cm³/mol. The van der Waals surface area contributed by atoms with Gasteiger partial charge in [-0.15, -0.1) is 0 Å². The standard InChI is InChI=1S/C13H17N3O/c1-10-7-12(16(2)15-10)9-14-11-5-4-6-13(8-11)17-3/h4-8,14H,9H2,1-3H3. The van der Waals surface area contributed by atoms with Gasteiger partial charge in [-0.2, -0.15) is 5.10 Å². The summed E-state index contributed by atoms with van der Waals surface area (Å²) < 4.78 is 7.07. The molecule has 2 aromatic rings. The zero-order valence-electron chi connectivity index (χ0n) is 10.4. The fourth-order valence-electron chi connectivity index (χ4n) is 1.76. The Morgan fingerprint density at radius 1 is 1.35 bits per heavy atom. The fourth-order valence-corrected chi connectivity index (χ4v) is 1.76. The van der Waals surface area contributed by atoms with Gasteiger partial charge in [-0.05, 0) is 25.1 Å². The van der Waals surface area contributed by atoms with Gasteiger partial charge in [0.2, 0.25) is 0 Å². The number of methoxy groups -OCH3 is 1. The van der Waals surface area contributed by atoms with Crippen molar-refractivity contribution in [1.82, 2.24) is 9.78 Å². The van der Waals surface area contributed by atoms with E-state index in [0.29, 0.717) is 0 Å². The number of nitrogens with one attached hydrogen (secondary N) is 1. The highest BCUT2D eigenvalue weighted by molar-refractivity contribution is 5.48. The number of aromatic nitrogens is 2. The number of ether oxygens (including phenoxy) is 1. The molecule has 4 nitrogen and oxygen atoms in total. The van der Waals surface area contributed by atoms with Gasteiger partial charge < -0.3 is 10.1 Å². The lowest BCUT2D eigenvalue weighted by Gasteiger charge is -2.08. The summed E-state index contributed by atoms with van der Waals surface area (Å²) in [6.07, 6.45) is 0. The van der Waals surface area contributed by atoms with Crippen LogP contribution >= 0.6 is 0 Å². The van der Waals surface area contributed by atoms with Crippen molar-refractivity contribution in [1.29, 1.82) is 0 Å². The average molecular weight is 231 g/mol. The number of hydrogen-bond acceptors (Lipinski definition) is 3. The molecular weight excluding hydrogens is 214 g/mol. The number of rotatable bonds is 4. The van der Waals surface area contributed by atoms with Crippen molar-refractivity contribution in [2.45, 2.75) is 13.5 Å². The molecule has 0 spiro atoms. The summed E-state index contributed by atoms with van der Waals surface area (Å²) in [5.41, 5.74) is 3.24. The summed E-state index contributed by atoms with van der Waals surface area (Å²) >= 11 is 0. The van der Waals surface area contributed by atoms with Crippen LogP contribution in [0.1, 0.15) is 11.4 Å². The topological polar surface area (TPSA) is 39.1 Å². The van der Waals surface area contributed by atoms with E-state index in [1.807, 2.05) is 42.9 Å². The number of nitrogens with zero attached hydrogens (tertiary/aromatic N) is 2. The minimum atomic E-state index is 0.754. The molecule has 90 valence electrons. The Morgan fingerprint density at radius 2 is 2.18 bits per heavy atom. The first-order valence-electron chi connectivity index (χ1n) is 5.56. The SMILES string of the molecule is COc1cccc(NCc2cc(C)nn2C)c1. The second-order valence-corrected chi connectivity index (χ2v) is 3.99. The Balaban J connectivity index is 2.04. The Labute approximate surface area is 101 Å². The largest absolute Gasteiger partial charge is 0.497 e. The number of hydrogen-bond donors (Lipinski definition) is 1. The van der Waals surface area contributed by atoms with Gasteiger partial charge in [0.25, 0.3) is 0 Å². The maximum atomic E-state index is 5.18. The molecule has 1 aromatic carbocycles. The smallest absolute Gasteiger partial charge is 0.120 e. The van der Waals surface area contributed by atoms with Crippen molar-refractivity contribution >= 4 is 5.69 Å². The van der Waals surface area contributed by atoms with Crippen LogP contribution < -0.4 is 10.1 Å². The van der Waals surface area contributed by atoms with Gasteiger partial charge >= 0.3 is 0 Å². The predicted octanol–water partition coefficient (Wildman–Crippen LogP) is 2.35. The molecule has 0 atom stereocenters. The van der Waals surface area contributed by atoms with Gasteiger partial charge in [-0.25, -0.2) is 0 Å². The zero-order valence-corrected chi connectivity index (χ0v) is 10.4. The number of benzene rings is 1. The Kier molecular flexibility index (Phi) is 3.32. The van der Waals surface area contributed by atoms with Crippen LogP contribution in [0.25, 0.3) is 0 Å². The monoisotopic (exact) mass is 231 g/mol. The Bertz CT molecular complexity index is 505. The zero-order chi connectivity index (χ0) is 12.3. The third-order valence-corrected chi connectivity index (χ3v) is 2.64. The van der Waals surface area contributed by atoms with Crippen molar-refractivity contribution in [3.63, 3.8) is 0 Å². The lowest BCUT2D eigenvalue weighted by Crippen LogP contribution is -2.05. The van der Waals surface area contributed by atoms with E-state index < -0.39 is 0 Å². The highest BCUT2D eigenvalue weighted by atomic mass is 16.5. The molecule has 0 amide bonds. The molecule has 0 aliphatic heterocycles. The normalized spacial score (nSPS) is 10.3. The molecule has 1 aromatic heterocycles. The van der Waals surface area contributed by atoms with E-state index in [1.165, 1.54) is 0 Å². The molecule has 17 heavy (non-hydrogen) atoms. The van der Waals surface area contributed by atoms with Crippen LogP contribution in [0.5, 0.6) is 5.75 Å². The van der Waals surface area contributed by atoms with E-state index >= 15 is 0 Å².